The molecule has 1 aliphatic heterocycles. The predicted octanol–water partition coefficient (Wildman–Crippen LogP) is 3.69. The van der Waals surface area contributed by atoms with Crippen molar-refractivity contribution in [2.75, 3.05) is 33.3 Å². The number of benzene rings is 2. The van der Waals surface area contributed by atoms with E-state index >= 15 is 0 Å². The molecule has 2 aromatic rings. The highest BCUT2D eigenvalue weighted by molar-refractivity contribution is 7.89. The van der Waals surface area contributed by atoms with Gasteiger partial charge in [-0.05, 0) is 60.6 Å². The Bertz CT molecular complexity index is 1060. The van der Waals surface area contributed by atoms with Crippen LogP contribution >= 0.6 is 11.6 Å². The fourth-order valence-electron chi connectivity index (χ4n) is 4.54. The Morgan fingerprint density at radius 1 is 1.13 bits per heavy atom. The van der Waals surface area contributed by atoms with Crippen LogP contribution in [-0.4, -0.2) is 56.8 Å². The number of amides is 1. The number of sulfonamides is 1. The molecule has 0 spiro atoms. The van der Waals surface area contributed by atoms with Gasteiger partial charge >= 0.3 is 0 Å². The summed E-state index contributed by atoms with van der Waals surface area (Å²) >= 11 is 6.10. The number of rotatable bonds is 5. The summed E-state index contributed by atoms with van der Waals surface area (Å²) in [4.78, 5) is 14.9. The summed E-state index contributed by atoms with van der Waals surface area (Å²) in [7, 11) is -2.00. The van der Waals surface area contributed by atoms with Crippen LogP contribution in [0.5, 0.6) is 5.75 Å². The van der Waals surface area contributed by atoms with Crippen molar-refractivity contribution in [1.82, 2.24) is 9.21 Å². The third kappa shape index (κ3) is 4.59. The quantitative estimate of drug-likeness (QED) is 0.679. The molecule has 0 radical (unpaired) electrons. The Kier molecular flexibility index (Phi) is 6.55. The molecule has 1 fully saturated rings. The van der Waals surface area contributed by atoms with Gasteiger partial charge in [0, 0.05) is 32.6 Å². The lowest BCUT2D eigenvalue weighted by molar-refractivity contribution is -0.132. The summed E-state index contributed by atoms with van der Waals surface area (Å²) < 4.78 is 32.6. The van der Waals surface area contributed by atoms with Crippen molar-refractivity contribution < 1.29 is 17.9 Å². The highest BCUT2D eigenvalue weighted by Gasteiger charge is 2.32. The summed E-state index contributed by atoms with van der Waals surface area (Å²) in [6.07, 6.45) is 3.51. The van der Waals surface area contributed by atoms with Crippen LogP contribution in [0.25, 0.3) is 0 Å². The van der Waals surface area contributed by atoms with E-state index in [1.807, 2.05) is 6.07 Å². The van der Waals surface area contributed by atoms with Crippen LogP contribution in [0.1, 0.15) is 36.3 Å². The Balaban J connectivity index is 1.39. The molecule has 31 heavy (non-hydrogen) atoms. The predicted molar refractivity (Wildman–Crippen MR) is 120 cm³/mol. The van der Waals surface area contributed by atoms with Gasteiger partial charge < -0.3 is 9.64 Å². The lowest BCUT2D eigenvalue weighted by Gasteiger charge is -2.35. The van der Waals surface area contributed by atoms with Crippen molar-refractivity contribution >= 4 is 27.5 Å². The molecule has 2 aliphatic rings. The lowest BCUT2D eigenvalue weighted by Crippen LogP contribution is -2.50. The molecule has 4 rings (SSSR count). The van der Waals surface area contributed by atoms with Gasteiger partial charge in [0.1, 0.15) is 10.6 Å². The van der Waals surface area contributed by atoms with E-state index < -0.39 is 10.0 Å². The van der Waals surface area contributed by atoms with Crippen LogP contribution in [0.2, 0.25) is 5.02 Å². The van der Waals surface area contributed by atoms with Crippen LogP contribution < -0.4 is 4.74 Å². The standard InChI is InChI=1S/C23H27ClN2O4S/c1-30-19-9-10-20-17(15-19)5-4-6-18(20)16-23(27)25-11-13-26(14-12-25)31(28,29)22-8-3-2-7-21(22)24/h2-3,7-10,15,18H,4-6,11-14,16H2,1H3. The van der Waals surface area contributed by atoms with Gasteiger partial charge in [0.25, 0.3) is 0 Å². The summed E-state index contributed by atoms with van der Waals surface area (Å²) in [5.41, 5.74) is 2.50. The van der Waals surface area contributed by atoms with Gasteiger partial charge in [0.05, 0.1) is 12.1 Å². The second kappa shape index (κ2) is 9.18. The van der Waals surface area contributed by atoms with Gasteiger partial charge in [0.2, 0.25) is 15.9 Å². The van der Waals surface area contributed by atoms with E-state index in [-0.39, 0.29) is 34.8 Å². The minimum atomic E-state index is -3.66. The molecule has 1 heterocycles. The maximum absolute atomic E-state index is 13.0. The first-order valence-corrected chi connectivity index (χ1v) is 12.4. The Morgan fingerprint density at radius 3 is 2.58 bits per heavy atom. The molecular weight excluding hydrogens is 436 g/mol. The number of halogens is 1. The van der Waals surface area contributed by atoms with E-state index in [9.17, 15) is 13.2 Å². The number of carbonyl (C=O) groups excluding carboxylic acids is 1. The SMILES string of the molecule is COc1ccc2c(c1)CCCC2CC(=O)N1CCN(S(=O)(=O)c2ccccc2Cl)CC1. The summed E-state index contributed by atoms with van der Waals surface area (Å²) in [5, 5.41) is 0.216. The molecule has 1 saturated heterocycles. The van der Waals surface area contributed by atoms with E-state index in [0.717, 1.165) is 25.0 Å². The number of ether oxygens (including phenoxy) is 1. The first-order valence-electron chi connectivity index (χ1n) is 10.6. The van der Waals surface area contributed by atoms with Gasteiger partial charge in [-0.1, -0.05) is 29.8 Å². The number of methoxy groups -OCH3 is 1. The number of hydrogen-bond acceptors (Lipinski definition) is 4. The minimum absolute atomic E-state index is 0.0865. The third-order valence-corrected chi connectivity index (χ3v) is 8.65. The molecule has 6 nitrogen and oxygen atoms in total. The lowest BCUT2D eigenvalue weighted by atomic mass is 9.80. The largest absolute Gasteiger partial charge is 0.497 e. The van der Waals surface area contributed by atoms with Gasteiger partial charge in [-0.15, -0.1) is 0 Å². The second-order valence-corrected chi connectivity index (χ2v) is 10.4. The van der Waals surface area contributed by atoms with Crippen LogP contribution in [0.4, 0.5) is 0 Å². The number of carbonyl (C=O) groups is 1. The highest BCUT2D eigenvalue weighted by Crippen LogP contribution is 2.36. The maximum Gasteiger partial charge on any atom is 0.244 e. The average Bonchev–Trinajstić information content (AvgIpc) is 2.79. The zero-order chi connectivity index (χ0) is 22.0. The summed E-state index contributed by atoms with van der Waals surface area (Å²) in [6, 6.07) is 12.6. The van der Waals surface area contributed by atoms with Gasteiger partial charge in [0.15, 0.2) is 0 Å². The number of fused-ring (bicyclic) bond motifs is 1. The zero-order valence-corrected chi connectivity index (χ0v) is 19.2. The summed E-state index contributed by atoms with van der Waals surface area (Å²) in [5.74, 6) is 1.14. The molecule has 8 heteroatoms. The Labute approximate surface area is 188 Å². The zero-order valence-electron chi connectivity index (χ0n) is 17.6. The minimum Gasteiger partial charge on any atom is -0.497 e. The Morgan fingerprint density at radius 2 is 1.87 bits per heavy atom. The fourth-order valence-corrected chi connectivity index (χ4v) is 6.46. The fraction of sp³-hybridized carbons (Fsp3) is 0.435. The maximum atomic E-state index is 13.0. The molecule has 1 unspecified atom stereocenters. The topological polar surface area (TPSA) is 66.9 Å². The van der Waals surface area contributed by atoms with Gasteiger partial charge in [-0.2, -0.15) is 4.31 Å². The third-order valence-electron chi connectivity index (χ3n) is 6.26. The van der Waals surface area contributed by atoms with Crippen LogP contribution in [0.3, 0.4) is 0 Å². The molecule has 0 aromatic heterocycles. The van der Waals surface area contributed by atoms with E-state index in [1.54, 1.807) is 30.2 Å². The van der Waals surface area contributed by atoms with Crippen molar-refractivity contribution in [3.05, 3.63) is 58.6 Å². The van der Waals surface area contributed by atoms with E-state index in [0.29, 0.717) is 19.5 Å². The van der Waals surface area contributed by atoms with Crippen LogP contribution in [0, 0.1) is 0 Å². The summed E-state index contributed by atoms with van der Waals surface area (Å²) in [6.45, 7) is 1.34. The van der Waals surface area contributed by atoms with Crippen molar-refractivity contribution in [3.63, 3.8) is 0 Å². The molecule has 0 saturated carbocycles. The number of nitrogens with zero attached hydrogens (tertiary/aromatic N) is 2. The Hall–Kier alpha value is -2.09. The van der Waals surface area contributed by atoms with Crippen molar-refractivity contribution in [1.29, 1.82) is 0 Å². The molecule has 2 aromatic carbocycles. The molecule has 1 atom stereocenters. The number of piperazine rings is 1. The molecule has 0 N–H and O–H groups in total. The van der Waals surface area contributed by atoms with Crippen LogP contribution in [-0.2, 0) is 21.2 Å². The van der Waals surface area contributed by atoms with E-state index in [2.05, 4.69) is 12.1 Å². The normalized spacial score (nSPS) is 19.7. The monoisotopic (exact) mass is 462 g/mol. The van der Waals surface area contributed by atoms with Crippen molar-refractivity contribution in [2.24, 2.45) is 0 Å². The second-order valence-electron chi connectivity index (χ2n) is 8.07. The van der Waals surface area contributed by atoms with E-state index in [4.69, 9.17) is 16.3 Å². The molecular formula is C23H27ClN2O4S. The van der Waals surface area contributed by atoms with Gasteiger partial charge in [-0.3, -0.25) is 4.79 Å². The first-order chi connectivity index (χ1) is 14.9. The first kappa shape index (κ1) is 22.1. The van der Waals surface area contributed by atoms with E-state index in [1.165, 1.54) is 21.5 Å². The average molecular weight is 463 g/mol. The van der Waals surface area contributed by atoms with Crippen molar-refractivity contribution in [2.45, 2.75) is 36.5 Å². The van der Waals surface area contributed by atoms with Crippen LogP contribution in [0.15, 0.2) is 47.4 Å². The van der Waals surface area contributed by atoms with Crippen molar-refractivity contribution in [3.8, 4) is 5.75 Å². The molecule has 166 valence electrons. The molecule has 1 amide bonds. The molecule has 1 aliphatic carbocycles. The smallest absolute Gasteiger partial charge is 0.244 e. The van der Waals surface area contributed by atoms with Gasteiger partial charge in [-0.25, -0.2) is 8.42 Å². The number of aryl methyl sites for hydroxylation is 1. The highest BCUT2D eigenvalue weighted by atomic mass is 35.5. The molecule has 0 bridgehead atoms. The number of hydrogen-bond donors (Lipinski definition) is 0.